The van der Waals surface area contributed by atoms with Crippen LogP contribution in [-0.2, 0) is 11.3 Å². The number of hydrogen-bond donors (Lipinski definition) is 2. The minimum atomic E-state index is 0.112. The number of nitrogens with one attached hydrogen (secondary N) is 1. The van der Waals surface area contributed by atoms with Crippen LogP contribution in [0, 0.1) is 0 Å². The fraction of sp³-hybridized carbons (Fsp3) is 0.615. The first-order valence-electron chi connectivity index (χ1n) is 6.32. The highest BCUT2D eigenvalue weighted by atomic mass is 16.5. The lowest BCUT2D eigenvalue weighted by Gasteiger charge is -2.24. The fourth-order valence-electron chi connectivity index (χ4n) is 1.76. The van der Waals surface area contributed by atoms with E-state index in [9.17, 15) is 0 Å². The Balaban J connectivity index is 2.80. The van der Waals surface area contributed by atoms with Crippen LogP contribution in [0.2, 0.25) is 0 Å². The van der Waals surface area contributed by atoms with E-state index < -0.39 is 0 Å². The van der Waals surface area contributed by atoms with Gasteiger partial charge in [-0.3, -0.25) is 0 Å². The van der Waals surface area contributed by atoms with Crippen molar-refractivity contribution in [1.82, 2.24) is 10.3 Å². The topological polar surface area (TPSA) is 57.6 Å². The number of pyridine rings is 1. The van der Waals surface area contributed by atoms with Gasteiger partial charge in [-0.1, -0.05) is 13.0 Å². The average molecular weight is 253 g/mol. The van der Waals surface area contributed by atoms with Crippen molar-refractivity contribution in [3.8, 4) is 0 Å². The van der Waals surface area contributed by atoms with Gasteiger partial charge in [-0.15, -0.1) is 0 Å². The zero-order chi connectivity index (χ0) is 13.2. The Kier molecular flexibility index (Phi) is 7.32. The van der Waals surface area contributed by atoms with Gasteiger partial charge in [-0.2, -0.15) is 0 Å². The Bertz CT molecular complexity index is 334. The standard InChI is InChI=1S/C13H23N3O2/c1-3-14-11-12-5-4-6-15-13(12)16(7-9-17)8-10-18-2/h4-6,14,17H,3,7-11H2,1-2H3. The number of nitrogens with zero attached hydrogens (tertiary/aromatic N) is 2. The van der Waals surface area contributed by atoms with E-state index in [-0.39, 0.29) is 6.61 Å². The Hall–Kier alpha value is -1.17. The maximum Gasteiger partial charge on any atom is 0.133 e. The van der Waals surface area contributed by atoms with Gasteiger partial charge in [0.1, 0.15) is 5.82 Å². The Morgan fingerprint density at radius 3 is 2.94 bits per heavy atom. The van der Waals surface area contributed by atoms with Gasteiger partial charge in [0, 0.05) is 38.5 Å². The highest BCUT2D eigenvalue weighted by Gasteiger charge is 2.11. The summed E-state index contributed by atoms with van der Waals surface area (Å²) >= 11 is 0. The van der Waals surface area contributed by atoms with Gasteiger partial charge in [-0.05, 0) is 12.6 Å². The average Bonchev–Trinajstić information content (AvgIpc) is 2.41. The van der Waals surface area contributed by atoms with Gasteiger partial charge in [-0.25, -0.2) is 4.98 Å². The summed E-state index contributed by atoms with van der Waals surface area (Å²) in [7, 11) is 1.68. The molecule has 0 atom stereocenters. The normalized spacial score (nSPS) is 10.6. The summed E-state index contributed by atoms with van der Waals surface area (Å²) < 4.78 is 5.09. The van der Waals surface area contributed by atoms with Crippen molar-refractivity contribution in [2.75, 3.05) is 44.9 Å². The van der Waals surface area contributed by atoms with Crippen molar-refractivity contribution in [2.24, 2.45) is 0 Å². The molecule has 0 saturated heterocycles. The second kappa shape index (κ2) is 8.85. The molecule has 0 spiro atoms. The first-order chi connectivity index (χ1) is 8.83. The number of methoxy groups -OCH3 is 1. The highest BCUT2D eigenvalue weighted by Crippen LogP contribution is 2.16. The van der Waals surface area contributed by atoms with Gasteiger partial charge in [0.25, 0.3) is 0 Å². The first-order valence-corrected chi connectivity index (χ1v) is 6.32. The Labute approximate surface area is 109 Å². The molecule has 0 bridgehead atoms. The fourth-order valence-corrected chi connectivity index (χ4v) is 1.76. The monoisotopic (exact) mass is 253 g/mol. The van der Waals surface area contributed by atoms with E-state index in [0.717, 1.165) is 31.0 Å². The first kappa shape index (κ1) is 14.9. The van der Waals surface area contributed by atoms with Crippen molar-refractivity contribution in [3.63, 3.8) is 0 Å². The molecule has 0 amide bonds. The molecule has 0 unspecified atom stereocenters. The molecular weight excluding hydrogens is 230 g/mol. The molecule has 1 rings (SSSR count). The lowest BCUT2D eigenvalue weighted by molar-refractivity contribution is 0.202. The third kappa shape index (κ3) is 4.60. The second-order valence-electron chi connectivity index (χ2n) is 3.97. The van der Waals surface area contributed by atoms with Crippen molar-refractivity contribution in [1.29, 1.82) is 0 Å². The molecule has 1 heterocycles. The molecule has 5 heteroatoms. The van der Waals surface area contributed by atoms with Gasteiger partial charge in [0.2, 0.25) is 0 Å². The molecule has 102 valence electrons. The quantitative estimate of drug-likeness (QED) is 0.676. The predicted octanol–water partition coefficient (Wildman–Crippen LogP) is 0.636. The summed E-state index contributed by atoms with van der Waals surface area (Å²) in [5, 5.41) is 12.4. The van der Waals surface area contributed by atoms with E-state index >= 15 is 0 Å². The van der Waals surface area contributed by atoms with Crippen LogP contribution in [0.25, 0.3) is 0 Å². The van der Waals surface area contributed by atoms with E-state index in [0.29, 0.717) is 13.2 Å². The number of aliphatic hydroxyl groups is 1. The minimum absolute atomic E-state index is 0.112. The molecule has 2 N–H and O–H groups in total. The summed E-state index contributed by atoms with van der Waals surface area (Å²) in [6, 6.07) is 3.99. The van der Waals surface area contributed by atoms with Crippen LogP contribution in [0.15, 0.2) is 18.3 Å². The molecule has 1 aromatic heterocycles. The van der Waals surface area contributed by atoms with Gasteiger partial charge in [0.15, 0.2) is 0 Å². The molecule has 0 fully saturated rings. The van der Waals surface area contributed by atoms with Crippen LogP contribution >= 0.6 is 0 Å². The summed E-state index contributed by atoms with van der Waals surface area (Å²) in [5.41, 5.74) is 1.14. The van der Waals surface area contributed by atoms with Crippen LogP contribution < -0.4 is 10.2 Å². The molecule has 0 saturated carbocycles. The third-order valence-corrected chi connectivity index (χ3v) is 2.67. The Morgan fingerprint density at radius 1 is 1.44 bits per heavy atom. The van der Waals surface area contributed by atoms with Crippen LogP contribution in [0.3, 0.4) is 0 Å². The molecule has 0 aliphatic carbocycles. The zero-order valence-corrected chi connectivity index (χ0v) is 11.2. The van der Waals surface area contributed by atoms with E-state index in [1.807, 2.05) is 6.07 Å². The molecule has 0 aliphatic rings. The molecule has 5 nitrogen and oxygen atoms in total. The number of aliphatic hydroxyl groups excluding tert-OH is 1. The Morgan fingerprint density at radius 2 is 2.28 bits per heavy atom. The van der Waals surface area contributed by atoms with E-state index in [1.165, 1.54) is 0 Å². The molecule has 0 aliphatic heterocycles. The summed E-state index contributed by atoms with van der Waals surface area (Å²) in [6.07, 6.45) is 1.78. The van der Waals surface area contributed by atoms with Gasteiger partial charge >= 0.3 is 0 Å². The predicted molar refractivity (Wildman–Crippen MR) is 72.8 cm³/mol. The third-order valence-electron chi connectivity index (χ3n) is 2.67. The number of aromatic nitrogens is 1. The maximum atomic E-state index is 9.14. The van der Waals surface area contributed by atoms with Crippen molar-refractivity contribution < 1.29 is 9.84 Å². The highest BCUT2D eigenvalue weighted by molar-refractivity contribution is 5.46. The van der Waals surface area contributed by atoms with Crippen LogP contribution in [0.4, 0.5) is 5.82 Å². The van der Waals surface area contributed by atoms with Crippen LogP contribution in [0.5, 0.6) is 0 Å². The van der Waals surface area contributed by atoms with Gasteiger partial charge in [0.05, 0.1) is 13.2 Å². The summed E-state index contributed by atoms with van der Waals surface area (Å²) in [5.74, 6) is 0.921. The minimum Gasteiger partial charge on any atom is -0.395 e. The molecule has 1 aromatic rings. The number of anilines is 1. The molecule has 18 heavy (non-hydrogen) atoms. The van der Waals surface area contributed by atoms with Crippen molar-refractivity contribution in [3.05, 3.63) is 23.9 Å². The molecular formula is C13H23N3O2. The van der Waals surface area contributed by atoms with Crippen molar-refractivity contribution in [2.45, 2.75) is 13.5 Å². The summed E-state index contributed by atoms with van der Waals surface area (Å²) in [4.78, 5) is 6.47. The SMILES string of the molecule is CCNCc1cccnc1N(CCO)CCOC. The maximum absolute atomic E-state index is 9.14. The second-order valence-corrected chi connectivity index (χ2v) is 3.97. The smallest absolute Gasteiger partial charge is 0.133 e. The molecule has 0 radical (unpaired) electrons. The number of rotatable bonds is 9. The summed E-state index contributed by atoms with van der Waals surface area (Å²) in [6.45, 7) is 5.82. The zero-order valence-electron chi connectivity index (χ0n) is 11.2. The number of ether oxygens (including phenoxy) is 1. The number of hydrogen-bond acceptors (Lipinski definition) is 5. The van der Waals surface area contributed by atoms with E-state index in [4.69, 9.17) is 9.84 Å². The lowest BCUT2D eigenvalue weighted by atomic mass is 10.2. The van der Waals surface area contributed by atoms with E-state index in [2.05, 4.69) is 28.2 Å². The molecule has 0 aromatic carbocycles. The van der Waals surface area contributed by atoms with Crippen molar-refractivity contribution >= 4 is 5.82 Å². The van der Waals surface area contributed by atoms with Crippen LogP contribution in [0.1, 0.15) is 12.5 Å². The van der Waals surface area contributed by atoms with Gasteiger partial charge < -0.3 is 20.1 Å². The van der Waals surface area contributed by atoms with Crippen LogP contribution in [-0.4, -0.2) is 50.0 Å². The van der Waals surface area contributed by atoms with E-state index in [1.54, 1.807) is 13.3 Å². The lowest BCUT2D eigenvalue weighted by Crippen LogP contribution is -2.32. The largest absolute Gasteiger partial charge is 0.395 e.